The van der Waals surface area contributed by atoms with Crippen molar-refractivity contribution in [3.8, 4) is 17.1 Å². The zero-order valence-corrected chi connectivity index (χ0v) is 13.4. The summed E-state index contributed by atoms with van der Waals surface area (Å²) in [7, 11) is 0. The lowest BCUT2D eigenvalue weighted by molar-refractivity contribution is 0.789. The third-order valence-electron chi connectivity index (χ3n) is 3.10. The summed E-state index contributed by atoms with van der Waals surface area (Å²) in [5, 5.41) is 12.6. The highest BCUT2D eigenvalue weighted by Gasteiger charge is 2.15. The summed E-state index contributed by atoms with van der Waals surface area (Å²) in [6.45, 7) is 1.97. The third-order valence-corrected chi connectivity index (χ3v) is 4.00. The first-order chi connectivity index (χ1) is 10.1. The summed E-state index contributed by atoms with van der Waals surface area (Å²) in [5.74, 6) is 0.635. The molecule has 0 aliphatic carbocycles. The van der Waals surface area contributed by atoms with Gasteiger partial charge in [0.15, 0.2) is 5.82 Å². The molecule has 106 valence electrons. The molecule has 2 N–H and O–H groups in total. The average Bonchev–Trinajstić information content (AvgIpc) is 2.90. The summed E-state index contributed by atoms with van der Waals surface area (Å²) >= 11 is 9.56. The van der Waals surface area contributed by atoms with Gasteiger partial charge in [0.2, 0.25) is 0 Å². The first-order valence-corrected chi connectivity index (χ1v) is 7.33. The van der Waals surface area contributed by atoms with Crippen molar-refractivity contribution in [2.45, 2.75) is 6.92 Å². The molecule has 3 rings (SSSR count). The van der Waals surface area contributed by atoms with Crippen molar-refractivity contribution in [3.63, 3.8) is 0 Å². The van der Waals surface area contributed by atoms with Gasteiger partial charge in [-0.05, 0) is 75.2 Å². The van der Waals surface area contributed by atoms with Gasteiger partial charge in [0.1, 0.15) is 0 Å². The van der Waals surface area contributed by atoms with Gasteiger partial charge in [0.25, 0.3) is 0 Å². The van der Waals surface area contributed by atoms with E-state index in [9.17, 15) is 0 Å². The number of hydrogen-bond donors (Lipinski definition) is 1. The number of tetrazole rings is 1. The van der Waals surface area contributed by atoms with Crippen molar-refractivity contribution in [2.75, 3.05) is 5.73 Å². The lowest BCUT2D eigenvalue weighted by Crippen LogP contribution is -2.02. The van der Waals surface area contributed by atoms with Crippen molar-refractivity contribution in [2.24, 2.45) is 0 Å². The Labute approximate surface area is 134 Å². The molecule has 1 heterocycles. The van der Waals surface area contributed by atoms with E-state index < -0.39 is 0 Å². The molecular weight excluding hydrogens is 354 g/mol. The minimum atomic E-state index is 0.615. The van der Waals surface area contributed by atoms with Crippen molar-refractivity contribution in [1.29, 1.82) is 0 Å². The highest BCUT2D eigenvalue weighted by Crippen LogP contribution is 2.29. The number of aryl methyl sites for hydroxylation is 1. The van der Waals surface area contributed by atoms with E-state index in [-0.39, 0.29) is 0 Å². The minimum absolute atomic E-state index is 0.615. The number of nitrogen functional groups attached to an aromatic ring is 1. The van der Waals surface area contributed by atoms with Crippen LogP contribution in [0.5, 0.6) is 0 Å². The van der Waals surface area contributed by atoms with Crippen LogP contribution in [0.1, 0.15) is 5.56 Å². The second-order valence-corrected chi connectivity index (χ2v) is 5.88. The summed E-state index contributed by atoms with van der Waals surface area (Å²) in [4.78, 5) is 0. The zero-order chi connectivity index (χ0) is 15.0. The van der Waals surface area contributed by atoms with Crippen LogP contribution in [0, 0.1) is 6.92 Å². The van der Waals surface area contributed by atoms with Gasteiger partial charge in [0, 0.05) is 20.7 Å². The fraction of sp³-hybridized carbons (Fsp3) is 0.0714. The average molecular weight is 365 g/mol. The number of nitrogens with two attached hydrogens (primary N) is 1. The predicted molar refractivity (Wildman–Crippen MR) is 86.4 cm³/mol. The van der Waals surface area contributed by atoms with Crippen molar-refractivity contribution in [1.82, 2.24) is 20.2 Å². The van der Waals surface area contributed by atoms with E-state index in [1.807, 2.05) is 31.2 Å². The monoisotopic (exact) mass is 363 g/mol. The van der Waals surface area contributed by atoms with Crippen LogP contribution >= 0.6 is 27.5 Å². The molecule has 21 heavy (non-hydrogen) atoms. The van der Waals surface area contributed by atoms with Gasteiger partial charge >= 0.3 is 0 Å². The van der Waals surface area contributed by atoms with Crippen LogP contribution in [0.15, 0.2) is 40.9 Å². The van der Waals surface area contributed by atoms with Crippen molar-refractivity contribution >= 4 is 33.2 Å². The summed E-state index contributed by atoms with van der Waals surface area (Å²) < 4.78 is 2.50. The third kappa shape index (κ3) is 2.64. The molecule has 2 aromatic carbocycles. The molecule has 3 aromatic rings. The number of aromatic nitrogens is 4. The Morgan fingerprint density at radius 1 is 1.19 bits per heavy atom. The van der Waals surface area contributed by atoms with Gasteiger partial charge in [-0.2, -0.15) is 4.68 Å². The van der Waals surface area contributed by atoms with Crippen LogP contribution < -0.4 is 5.73 Å². The molecule has 0 atom stereocenters. The Morgan fingerprint density at radius 3 is 2.76 bits per heavy atom. The van der Waals surface area contributed by atoms with Gasteiger partial charge in [-0.15, -0.1) is 5.10 Å². The molecule has 0 bridgehead atoms. The molecule has 0 fully saturated rings. The van der Waals surface area contributed by atoms with Crippen LogP contribution in [0.25, 0.3) is 17.1 Å². The summed E-state index contributed by atoms with van der Waals surface area (Å²) in [5.41, 5.74) is 9.20. The molecule has 0 amide bonds. The van der Waals surface area contributed by atoms with Crippen molar-refractivity contribution in [3.05, 3.63) is 51.5 Å². The van der Waals surface area contributed by atoms with E-state index in [0.29, 0.717) is 16.5 Å². The van der Waals surface area contributed by atoms with Crippen LogP contribution in [-0.4, -0.2) is 20.2 Å². The Morgan fingerprint density at radius 2 is 2.00 bits per heavy atom. The SMILES string of the molecule is Cc1cc(N)ccc1-c1nnnn1-c1cc(Cl)ccc1Br. The molecule has 0 aliphatic rings. The van der Waals surface area contributed by atoms with E-state index in [0.717, 1.165) is 21.3 Å². The first kappa shape index (κ1) is 14.0. The van der Waals surface area contributed by atoms with Crippen LogP contribution in [0.2, 0.25) is 5.02 Å². The molecule has 7 heteroatoms. The number of benzene rings is 2. The normalized spacial score (nSPS) is 10.8. The lowest BCUT2D eigenvalue weighted by atomic mass is 10.1. The Bertz CT molecular complexity index is 815. The van der Waals surface area contributed by atoms with Gasteiger partial charge in [-0.25, -0.2) is 0 Å². The largest absolute Gasteiger partial charge is 0.399 e. The molecule has 0 aliphatic heterocycles. The summed E-state index contributed by atoms with van der Waals surface area (Å²) in [6.07, 6.45) is 0. The second-order valence-electron chi connectivity index (χ2n) is 4.58. The molecule has 0 saturated heterocycles. The summed E-state index contributed by atoms with van der Waals surface area (Å²) in [6, 6.07) is 11.1. The fourth-order valence-electron chi connectivity index (χ4n) is 2.10. The van der Waals surface area contributed by atoms with E-state index in [4.69, 9.17) is 17.3 Å². The standard InChI is InChI=1S/C14H11BrClN5/c1-8-6-10(17)3-4-11(8)14-18-19-20-21(14)13-7-9(16)2-5-12(13)15/h2-7H,17H2,1H3. The quantitative estimate of drug-likeness (QED) is 0.705. The molecule has 0 saturated carbocycles. The molecule has 0 unspecified atom stereocenters. The number of halogens is 2. The van der Waals surface area contributed by atoms with Crippen molar-refractivity contribution < 1.29 is 0 Å². The maximum absolute atomic E-state index is 6.06. The Kier molecular flexibility index (Phi) is 3.65. The smallest absolute Gasteiger partial charge is 0.187 e. The van der Waals surface area contributed by atoms with Gasteiger partial charge in [-0.3, -0.25) is 0 Å². The Hall–Kier alpha value is -1.92. The topological polar surface area (TPSA) is 69.6 Å². The first-order valence-electron chi connectivity index (χ1n) is 6.16. The number of hydrogen-bond acceptors (Lipinski definition) is 4. The number of anilines is 1. The highest BCUT2D eigenvalue weighted by molar-refractivity contribution is 9.10. The van der Waals surface area contributed by atoms with E-state index in [1.165, 1.54) is 0 Å². The molecule has 0 radical (unpaired) electrons. The number of rotatable bonds is 2. The van der Waals surface area contributed by atoms with Crippen LogP contribution in [-0.2, 0) is 0 Å². The van der Waals surface area contributed by atoms with Gasteiger partial charge in [0.05, 0.1) is 5.69 Å². The molecule has 1 aromatic heterocycles. The minimum Gasteiger partial charge on any atom is -0.399 e. The Balaban J connectivity index is 2.19. The molecule has 0 spiro atoms. The maximum Gasteiger partial charge on any atom is 0.187 e. The highest BCUT2D eigenvalue weighted by atomic mass is 79.9. The fourth-order valence-corrected chi connectivity index (χ4v) is 2.68. The van der Waals surface area contributed by atoms with E-state index in [1.54, 1.807) is 16.8 Å². The molecule has 5 nitrogen and oxygen atoms in total. The van der Waals surface area contributed by atoms with Crippen LogP contribution in [0.4, 0.5) is 5.69 Å². The van der Waals surface area contributed by atoms with E-state index in [2.05, 4.69) is 31.5 Å². The van der Waals surface area contributed by atoms with Crippen LogP contribution in [0.3, 0.4) is 0 Å². The second kappa shape index (κ2) is 5.46. The number of nitrogens with zero attached hydrogens (tertiary/aromatic N) is 4. The molecular formula is C14H11BrClN5. The zero-order valence-electron chi connectivity index (χ0n) is 11.1. The lowest BCUT2D eigenvalue weighted by Gasteiger charge is -2.09. The van der Waals surface area contributed by atoms with E-state index >= 15 is 0 Å². The maximum atomic E-state index is 6.06. The van der Waals surface area contributed by atoms with Gasteiger partial charge in [-0.1, -0.05) is 11.6 Å². The van der Waals surface area contributed by atoms with Gasteiger partial charge < -0.3 is 5.73 Å². The predicted octanol–water partition coefficient (Wildman–Crippen LogP) is 3.64.